The first kappa shape index (κ1) is 14.7. The molecule has 1 aliphatic heterocycles. The van der Waals surface area contributed by atoms with Gasteiger partial charge in [0.05, 0.1) is 4.47 Å². The van der Waals surface area contributed by atoms with E-state index in [1.165, 1.54) is 0 Å². The molecule has 1 aliphatic rings. The molecule has 0 aliphatic carbocycles. The number of aromatic hydroxyl groups is 1. The van der Waals surface area contributed by atoms with Crippen LogP contribution in [0, 0.1) is 0 Å². The Morgan fingerprint density at radius 3 is 2.58 bits per heavy atom. The summed E-state index contributed by atoms with van der Waals surface area (Å²) in [6.07, 6.45) is -2.52. The van der Waals surface area contributed by atoms with Gasteiger partial charge in [0.25, 0.3) is 0 Å². The molecule has 0 bridgehead atoms. The SMILES string of the molecule is Oc1ccc([C@@H](CC(F)F)N2CCNCC2)cc1Br. The highest BCUT2D eigenvalue weighted by Gasteiger charge is 2.25. The summed E-state index contributed by atoms with van der Waals surface area (Å²) in [6, 6.07) is 4.68. The third kappa shape index (κ3) is 3.87. The summed E-state index contributed by atoms with van der Waals surface area (Å²) < 4.78 is 26.1. The van der Waals surface area contributed by atoms with Crippen molar-refractivity contribution in [3.05, 3.63) is 28.2 Å². The average Bonchev–Trinajstić information content (AvgIpc) is 2.40. The van der Waals surface area contributed by atoms with Crippen molar-refractivity contribution in [1.82, 2.24) is 10.2 Å². The van der Waals surface area contributed by atoms with Crippen LogP contribution >= 0.6 is 15.9 Å². The van der Waals surface area contributed by atoms with Crippen LogP contribution in [0.15, 0.2) is 22.7 Å². The van der Waals surface area contributed by atoms with E-state index in [-0.39, 0.29) is 18.2 Å². The van der Waals surface area contributed by atoms with Crippen LogP contribution < -0.4 is 5.32 Å². The van der Waals surface area contributed by atoms with Gasteiger partial charge in [0.1, 0.15) is 5.75 Å². The molecule has 0 amide bonds. The number of phenolic OH excluding ortho intramolecular Hbond substituents is 1. The molecule has 106 valence electrons. The molecule has 0 saturated carbocycles. The molecule has 0 aromatic heterocycles. The fraction of sp³-hybridized carbons (Fsp3) is 0.538. The smallest absolute Gasteiger partial charge is 0.240 e. The topological polar surface area (TPSA) is 35.5 Å². The molecule has 1 heterocycles. The molecule has 1 fully saturated rings. The fourth-order valence-corrected chi connectivity index (χ4v) is 2.79. The van der Waals surface area contributed by atoms with Crippen molar-refractivity contribution in [2.24, 2.45) is 0 Å². The van der Waals surface area contributed by atoms with E-state index in [1.807, 2.05) is 0 Å². The highest BCUT2D eigenvalue weighted by molar-refractivity contribution is 9.10. The number of nitrogens with zero attached hydrogens (tertiary/aromatic N) is 1. The molecular weight excluding hydrogens is 318 g/mol. The third-order valence-electron chi connectivity index (χ3n) is 3.35. The minimum absolute atomic E-state index is 0.125. The Balaban J connectivity index is 2.22. The molecule has 6 heteroatoms. The Morgan fingerprint density at radius 1 is 1.32 bits per heavy atom. The molecule has 2 N–H and O–H groups in total. The van der Waals surface area contributed by atoms with Gasteiger partial charge in [-0.15, -0.1) is 0 Å². The van der Waals surface area contributed by atoms with Crippen molar-refractivity contribution in [2.45, 2.75) is 18.9 Å². The Bertz CT molecular complexity index is 425. The van der Waals surface area contributed by atoms with E-state index in [0.29, 0.717) is 4.47 Å². The fourth-order valence-electron chi connectivity index (χ4n) is 2.39. The van der Waals surface area contributed by atoms with Crippen LogP contribution in [0.3, 0.4) is 0 Å². The van der Waals surface area contributed by atoms with Crippen LogP contribution in [0.2, 0.25) is 0 Å². The van der Waals surface area contributed by atoms with Crippen molar-refractivity contribution in [1.29, 1.82) is 0 Å². The lowest BCUT2D eigenvalue weighted by Crippen LogP contribution is -2.45. The lowest BCUT2D eigenvalue weighted by molar-refractivity contribution is 0.0739. The number of piperazine rings is 1. The number of phenols is 1. The van der Waals surface area contributed by atoms with Gasteiger partial charge in [-0.05, 0) is 33.6 Å². The van der Waals surface area contributed by atoms with Gasteiger partial charge < -0.3 is 10.4 Å². The predicted molar refractivity (Wildman–Crippen MR) is 73.6 cm³/mol. The standard InChI is InChI=1S/C13H17BrF2N2O/c14-10-7-9(1-2-12(10)19)11(8-13(15)16)18-5-3-17-4-6-18/h1-2,7,11,13,17,19H,3-6,8H2/t11-/m1/s1. The zero-order valence-electron chi connectivity index (χ0n) is 10.5. The minimum atomic E-state index is -2.34. The second-order valence-corrected chi connectivity index (χ2v) is 5.49. The molecule has 1 aromatic carbocycles. The normalized spacial score (nSPS) is 18.7. The van der Waals surface area contributed by atoms with E-state index in [0.717, 1.165) is 31.7 Å². The molecule has 1 atom stereocenters. The number of halogens is 3. The molecule has 0 spiro atoms. The molecule has 0 unspecified atom stereocenters. The van der Waals surface area contributed by atoms with Gasteiger partial charge in [-0.3, -0.25) is 4.90 Å². The molecule has 0 radical (unpaired) electrons. The van der Waals surface area contributed by atoms with Gasteiger partial charge in [0.15, 0.2) is 0 Å². The van der Waals surface area contributed by atoms with Crippen LogP contribution in [0.4, 0.5) is 8.78 Å². The Morgan fingerprint density at radius 2 is 2.00 bits per heavy atom. The van der Waals surface area contributed by atoms with Gasteiger partial charge in [0, 0.05) is 38.6 Å². The average molecular weight is 335 g/mol. The Kier molecular flexibility index (Phi) is 5.13. The second-order valence-electron chi connectivity index (χ2n) is 4.64. The predicted octanol–water partition coefficient (Wildman–Crippen LogP) is 2.76. The Hall–Kier alpha value is -0.720. The molecule has 19 heavy (non-hydrogen) atoms. The second kappa shape index (κ2) is 6.63. The summed E-state index contributed by atoms with van der Waals surface area (Å²) in [5.41, 5.74) is 0.812. The zero-order chi connectivity index (χ0) is 13.8. The summed E-state index contributed by atoms with van der Waals surface area (Å²) in [4.78, 5) is 2.07. The van der Waals surface area contributed by atoms with Gasteiger partial charge in [-0.1, -0.05) is 6.07 Å². The number of alkyl halides is 2. The van der Waals surface area contributed by atoms with Crippen LogP contribution in [-0.4, -0.2) is 42.6 Å². The van der Waals surface area contributed by atoms with E-state index in [2.05, 4.69) is 26.1 Å². The first-order valence-corrected chi connectivity index (χ1v) is 7.08. The Labute approximate surface area is 119 Å². The van der Waals surface area contributed by atoms with Gasteiger partial charge in [-0.2, -0.15) is 0 Å². The van der Waals surface area contributed by atoms with Crippen molar-refractivity contribution in [2.75, 3.05) is 26.2 Å². The number of hydrogen-bond donors (Lipinski definition) is 2. The van der Waals surface area contributed by atoms with Crippen LogP contribution in [0.25, 0.3) is 0 Å². The lowest BCUT2D eigenvalue weighted by atomic mass is 10.0. The van der Waals surface area contributed by atoms with Crippen molar-refractivity contribution < 1.29 is 13.9 Å². The lowest BCUT2D eigenvalue weighted by Gasteiger charge is -2.35. The van der Waals surface area contributed by atoms with Crippen molar-refractivity contribution in [3.8, 4) is 5.75 Å². The van der Waals surface area contributed by atoms with Crippen LogP contribution in [0.5, 0.6) is 5.75 Å². The summed E-state index contributed by atoms with van der Waals surface area (Å²) >= 11 is 3.24. The third-order valence-corrected chi connectivity index (χ3v) is 3.99. The summed E-state index contributed by atoms with van der Waals surface area (Å²) in [6.45, 7) is 3.16. The highest BCUT2D eigenvalue weighted by Crippen LogP contribution is 2.32. The van der Waals surface area contributed by atoms with Crippen LogP contribution in [0.1, 0.15) is 18.0 Å². The highest BCUT2D eigenvalue weighted by atomic mass is 79.9. The monoisotopic (exact) mass is 334 g/mol. The summed E-state index contributed by atoms with van der Waals surface area (Å²) in [5, 5.41) is 12.7. The molecule has 1 saturated heterocycles. The number of rotatable bonds is 4. The van der Waals surface area contributed by atoms with Crippen LogP contribution in [-0.2, 0) is 0 Å². The van der Waals surface area contributed by atoms with Gasteiger partial charge >= 0.3 is 0 Å². The first-order chi connectivity index (χ1) is 9.08. The first-order valence-electron chi connectivity index (χ1n) is 6.29. The molecule has 1 aromatic rings. The van der Waals surface area contributed by atoms with Gasteiger partial charge in [0.2, 0.25) is 6.43 Å². The maximum Gasteiger partial charge on any atom is 0.240 e. The maximum absolute atomic E-state index is 12.8. The van der Waals surface area contributed by atoms with Gasteiger partial charge in [-0.25, -0.2) is 8.78 Å². The number of nitrogens with one attached hydrogen (secondary N) is 1. The largest absolute Gasteiger partial charge is 0.507 e. The molecular formula is C13H17BrF2N2O. The summed E-state index contributed by atoms with van der Waals surface area (Å²) in [7, 11) is 0. The van der Waals surface area contributed by atoms with Crippen molar-refractivity contribution in [3.63, 3.8) is 0 Å². The zero-order valence-corrected chi connectivity index (χ0v) is 12.0. The molecule has 3 nitrogen and oxygen atoms in total. The van der Waals surface area contributed by atoms with Crippen molar-refractivity contribution >= 4 is 15.9 Å². The van der Waals surface area contributed by atoms with E-state index >= 15 is 0 Å². The minimum Gasteiger partial charge on any atom is -0.507 e. The molecule has 2 rings (SSSR count). The van der Waals surface area contributed by atoms with E-state index in [9.17, 15) is 13.9 Å². The van der Waals surface area contributed by atoms with E-state index < -0.39 is 6.43 Å². The number of benzene rings is 1. The maximum atomic E-state index is 12.8. The number of hydrogen-bond acceptors (Lipinski definition) is 3. The quantitative estimate of drug-likeness (QED) is 0.888. The van der Waals surface area contributed by atoms with E-state index in [1.54, 1.807) is 18.2 Å². The summed E-state index contributed by atoms with van der Waals surface area (Å²) in [5.74, 6) is 0.125. The van der Waals surface area contributed by atoms with E-state index in [4.69, 9.17) is 0 Å².